The summed E-state index contributed by atoms with van der Waals surface area (Å²) in [7, 11) is 0. The van der Waals surface area contributed by atoms with E-state index in [2.05, 4.69) is 15.3 Å². The number of carbonyl (C=O) groups excluding carboxylic acids is 2. The number of anilines is 1. The van der Waals surface area contributed by atoms with E-state index < -0.39 is 18.5 Å². The van der Waals surface area contributed by atoms with Gasteiger partial charge in [-0.05, 0) is 24.3 Å². The molecule has 0 unspecified atom stereocenters. The van der Waals surface area contributed by atoms with Gasteiger partial charge in [-0.3, -0.25) is 4.79 Å². The van der Waals surface area contributed by atoms with E-state index in [1.165, 1.54) is 12.4 Å². The van der Waals surface area contributed by atoms with Gasteiger partial charge >= 0.3 is 5.97 Å². The predicted octanol–water partition coefficient (Wildman–Crippen LogP) is 1.78. The first kappa shape index (κ1) is 18.0. The summed E-state index contributed by atoms with van der Waals surface area (Å²) in [4.78, 5) is 31.9. The van der Waals surface area contributed by atoms with Crippen molar-refractivity contribution in [2.45, 2.75) is 4.90 Å². The standard InChI is InChI=1S/C15H15ClN4O3S/c16-10-1-3-11(4-2-10)24-8-7-18-12(21)9-23-15(22)13-14(17)20-6-5-19-13/h1-6H,7-9H2,(H2,17,20)(H,18,21). The highest BCUT2D eigenvalue weighted by Gasteiger charge is 2.15. The van der Waals surface area contributed by atoms with Crippen molar-refractivity contribution in [3.05, 3.63) is 47.4 Å². The number of nitrogens with zero attached hydrogens (tertiary/aromatic N) is 2. The van der Waals surface area contributed by atoms with Crippen LogP contribution in [0.4, 0.5) is 5.82 Å². The van der Waals surface area contributed by atoms with Crippen LogP contribution in [0.3, 0.4) is 0 Å². The van der Waals surface area contributed by atoms with E-state index in [1.54, 1.807) is 23.9 Å². The number of esters is 1. The molecule has 0 radical (unpaired) electrons. The molecule has 1 amide bonds. The SMILES string of the molecule is Nc1nccnc1C(=O)OCC(=O)NCCSc1ccc(Cl)cc1. The van der Waals surface area contributed by atoms with Crippen molar-refractivity contribution in [1.29, 1.82) is 0 Å². The van der Waals surface area contributed by atoms with E-state index in [9.17, 15) is 9.59 Å². The van der Waals surface area contributed by atoms with Gasteiger partial charge in [-0.1, -0.05) is 11.6 Å². The number of hydrogen-bond donors (Lipinski definition) is 2. The van der Waals surface area contributed by atoms with Crippen LogP contribution in [0.5, 0.6) is 0 Å². The van der Waals surface area contributed by atoms with Gasteiger partial charge in [0.05, 0.1) is 0 Å². The molecule has 1 heterocycles. The predicted molar refractivity (Wildman–Crippen MR) is 91.9 cm³/mol. The molecule has 9 heteroatoms. The van der Waals surface area contributed by atoms with E-state index >= 15 is 0 Å². The third-order valence-corrected chi connectivity index (χ3v) is 4.03. The van der Waals surface area contributed by atoms with Crippen molar-refractivity contribution in [3.8, 4) is 0 Å². The molecule has 7 nitrogen and oxygen atoms in total. The van der Waals surface area contributed by atoms with Crippen LogP contribution in [0.1, 0.15) is 10.5 Å². The third kappa shape index (κ3) is 5.71. The number of halogens is 1. The Labute approximate surface area is 148 Å². The Morgan fingerprint density at radius 1 is 1.21 bits per heavy atom. The lowest BCUT2D eigenvalue weighted by Gasteiger charge is -2.07. The maximum absolute atomic E-state index is 11.7. The maximum atomic E-state index is 11.7. The fraction of sp³-hybridized carbons (Fsp3) is 0.200. The molecule has 0 aliphatic rings. The topological polar surface area (TPSA) is 107 Å². The summed E-state index contributed by atoms with van der Waals surface area (Å²) in [6.45, 7) is 0.0391. The number of ether oxygens (including phenoxy) is 1. The van der Waals surface area contributed by atoms with Crippen molar-refractivity contribution in [2.75, 3.05) is 24.6 Å². The fourth-order valence-electron chi connectivity index (χ4n) is 1.65. The Morgan fingerprint density at radius 3 is 2.62 bits per heavy atom. The Bertz CT molecular complexity index is 712. The zero-order chi connectivity index (χ0) is 17.4. The monoisotopic (exact) mass is 366 g/mol. The quantitative estimate of drug-likeness (QED) is 0.437. The van der Waals surface area contributed by atoms with E-state index in [4.69, 9.17) is 22.1 Å². The van der Waals surface area contributed by atoms with Gasteiger partial charge in [0.1, 0.15) is 0 Å². The van der Waals surface area contributed by atoms with Gasteiger partial charge < -0.3 is 15.8 Å². The summed E-state index contributed by atoms with van der Waals surface area (Å²) in [5, 5.41) is 3.33. The molecular formula is C15H15ClN4O3S. The Balaban J connectivity index is 1.65. The molecule has 2 aromatic rings. The lowest BCUT2D eigenvalue weighted by molar-refractivity contribution is -0.124. The first-order valence-corrected chi connectivity index (χ1v) is 8.31. The summed E-state index contributed by atoms with van der Waals surface area (Å²) in [6, 6.07) is 7.42. The minimum Gasteiger partial charge on any atom is -0.451 e. The van der Waals surface area contributed by atoms with Gasteiger partial charge in [0, 0.05) is 34.6 Å². The second kappa shape index (κ2) is 9.09. The van der Waals surface area contributed by atoms with Gasteiger partial charge in [-0.2, -0.15) is 0 Å². The normalized spacial score (nSPS) is 10.2. The number of nitrogen functional groups attached to an aromatic ring is 1. The smallest absolute Gasteiger partial charge is 0.361 e. The largest absolute Gasteiger partial charge is 0.451 e. The number of nitrogens with one attached hydrogen (secondary N) is 1. The molecule has 3 N–H and O–H groups in total. The number of aromatic nitrogens is 2. The Morgan fingerprint density at radius 2 is 1.92 bits per heavy atom. The molecular weight excluding hydrogens is 352 g/mol. The Hall–Kier alpha value is -2.32. The Kier molecular flexibility index (Phi) is 6.83. The zero-order valence-corrected chi connectivity index (χ0v) is 14.1. The summed E-state index contributed by atoms with van der Waals surface area (Å²) in [6.07, 6.45) is 2.68. The summed E-state index contributed by atoms with van der Waals surface area (Å²) in [5.41, 5.74) is 5.40. The second-order valence-electron chi connectivity index (χ2n) is 4.52. The molecule has 1 aromatic carbocycles. The second-order valence-corrected chi connectivity index (χ2v) is 6.12. The first-order valence-electron chi connectivity index (χ1n) is 6.95. The van der Waals surface area contributed by atoms with Crippen LogP contribution in [-0.4, -0.2) is 40.7 Å². The molecule has 0 fully saturated rings. The van der Waals surface area contributed by atoms with Crippen LogP contribution >= 0.6 is 23.4 Å². The van der Waals surface area contributed by atoms with E-state index in [-0.39, 0.29) is 11.5 Å². The molecule has 0 atom stereocenters. The maximum Gasteiger partial charge on any atom is 0.361 e. The molecule has 0 saturated heterocycles. The van der Waals surface area contributed by atoms with Crippen molar-refractivity contribution >= 4 is 41.1 Å². The van der Waals surface area contributed by atoms with E-state index in [0.29, 0.717) is 17.3 Å². The van der Waals surface area contributed by atoms with Crippen LogP contribution in [0.15, 0.2) is 41.6 Å². The highest BCUT2D eigenvalue weighted by atomic mass is 35.5. The van der Waals surface area contributed by atoms with Gasteiger partial charge in [0.2, 0.25) is 0 Å². The van der Waals surface area contributed by atoms with E-state index in [1.807, 2.05) is 12.1 Å². The van der Waals surface area contributed by atoms with Crippen molar-refractivity contribution in [2.24, 2.45) is 0 Å². The first-order chi connectivity index (χ1) is 11.6. The van der Waals surface area contributed by atoms with Crippen LogP contribution in [0.2, 0.25) is 5.02 Å². The molecule has 0 saturated carbocycles. The number of thioether (sulfide) groups is 1. The number of benzene rings is 1. The number of amides is 1. The summed E-state index contributed by atoms with van der Waals surface area (Å²) >= 11 is 7.38. The average molecular weight is 367 g/mol. The third-order valence-electron chi connectivity index (χ3n) is 2.76. The van der Waals surface area contributed by atoms with Crippen LogP contribution < -0.4 is 11.1 Å². The van der Waals surface area contributed by atoms with Crippen molar-refractivity contribution in [3.63, 3.8) is 0 Å². The molecule has 0 spiro atoms. The fourth-order valence-corrected chi connectivity index (χ4v) is 2.54. The number of nitrogens with two attached hydrogens (primary N) is 1. The number of hydrogen-bond acceptors (Lipinski definition) is 7. The summed E-state index contributed by atoms with van der Waals surface area (Å²) in [5.74, 6) is -0.547. The van der Waals surface area contributed by atoms with Crippen LogP contribution in [-0.2, 0) is 9.53 Å². The van der Waals surface area contributed by atoms with Crippen molar-refractivity contribution in [1.82, 2.24) is 15.3 Å². The molecule has 126 valence electrons. The van der Waals surface area contributed by atoms with Gasteiger partial charge in [-0.15, -0.1) is 11.8 Å². The minimum absolute atomic E-state index is 0.0396. The van der Waals surface area contributed by atoms with E-state index in [0.717, 1.165) is 4.90 Å². The lowest BCUT2D eigenvalue weighted by Crippen LogP contribution is -2.30. The molecule has 24 heavy (non-hydrogen) atoms. The van der Waals surface area contributed by atoms with Crippen LogP contribution in [0.25, 0.3) is 0 Å². The highest BCUT2D eigenvalue weighted by molar-refractivity contribution is 7.99. The number of carbonyl (C=O) groups is 2. The van der Waals surface area contributed by atoms with Gasteiger partial charge in [0.25, 0.3) is 5.91 Å². The van der Waals surface area contributed by atoms with Gasteiger partial charge in [0.15, 0.2) is 18.1 Å². The highest BCUT2D eigenvalue weighted by Crippen LogP contribution is 2.19. The summed E-state index contributed by atoms with van der Waals surface area (Å²) < 4.78 is 4.84. The average Bonchev–Trinajstić information content (AvgIpc) is 2.58. The van der Waals surface area contributed by atoms with Gasteiger partial charge in [-0.25, -0.2) is 14.8 Å². The number of rotatable bonds is 7. The molecule has 1 aromatic heterocycles. The molecule has 0 aliphatic heterocycles. The molecule has 0 aliphatic carbocycles. The minimum atomic E-state index is -0.786. The zero-order valence-electron chi connectivity index (χ0n) is 12.6. The molecule has 2 rings (SSSR count). The lowest BCUT2D eigenvalue weighted by atomic mass is 10.4. The van der Waals surface area contributed by atoms with Crippen molar-refractivity contribution < 1.29 is 14.3 Å². The van der Waals surface area contributed by atoms with Crippen LogP contribution in [0, 0.1) is 0 Å². The molecule has 0 bridgehead atoms.